The van der Waals surface area contributed by atoms with Gasteiger partial charge in [0.1, 0.15) is 0 Å². The Kier molecular flexibility index (Phi) is 3.70. The van der Waals surface area contributed by atoms with Crippen LogP contribution in [-0.2, 0) is 11.3 Å². The minimum atomic E-state index is 0.190. The molecule has 0 N–H and O–H groups in total. The summed E-state index contributed by atoms with van der Waals surface area (Å²) in [5.41, 5.74) is 1.37. The molecule has 1 saturated heterocycles. The first kappa shape index (κ1) is 13.1. The van der Waals surface area contributed by atoms with Gasteiger partial charge in [0.2, 0.25) is 5.91 Å². The SMILES string of the molecule is CC(=O)N1CCN(Cc2cccc3ccccc23)CC1. The van der Waals surface area contributed by atoms with Crippen LogP contribution in [0.25, 0.3) is 10.8 Å². The third-order valence-electron chi connectivity index (χ3n) is 4.09. The molecule has 0 aromatic heterocycles. The van der Waals surface area contributed by atoms with Crippen molar-refractivity contribution >= 4 is 16.7 Å². The van der Waals surface area contributed by atoms with Gasteiger partial charge in [0, 0.05) is 39.6 Å². The first-order valence-corrected chi connectivity index (χ1v) is 7.18. The van der Waals surface area contributed by atoms with Crippen molar-refractivity contribution in [3.05, 3.63) is 48.0 Å². The van der Waals surface area contributed by atoms with E-state index in [4.69, 9.17) is 0 Å². The van der Waals surface area contributed by atoms with Crippen molar-refractivity contribution in [2.75, 3.05) is 26.2 Å². The van der Waals surface area contributed by atoms with Crippen molar-refractivity contribution in [2.24, 2.45) is 0 Å². The zero-order valence-corrected chi connectivity index (χ0v) is 11.9. The van der Waals surface area contributed by atoms with E-state index in [9.17, 15) is 4.79 Å². The van der Waals surface area contributed by atoms with E-state index in [0.717, 1.165) is 32.7 Å². The van der Waals surface area contributed by atoms with Gasteiger partial charge < -0.3 is 4.90 Å². The lowest BCUT2D eigenvalue weighted by atomic mass is 10.0. The Hall–Kier alpha value is -1.87. The zero-order valence-electron chi connectivity index (χ0n) is 11.9. The van der Waals surface area contributed by atoms with Crippen molar-refractivity contribution in [1.29, 1.82) is 0 Å². The Bertz CT molecular complexity index is 610. The largest absolute Gasteiger partial charge is 0.340 e. The molecule has 1 aliphatic heterocycles. The molecule has 0 bridgehead atoms. The Morgan fingerprint density at radius 1 is 1.00 bits per heavy atom. The molecule has 0 aliphatic carbocycles. The van der Waals surface area contributed by atoms with Crippen molar-refractivity contribution in [1.82, 2.24) is 9.80 Å². The normalized spacial score (nSPS) is 16.6. The summed E-state index contributed by atoms with van der Waals surface area (Å²) in [5.74, 6) is 0.190. The highest BCUT2D eigenvalue weighted by atomic mass is 16.2. The number of benzene rings is 2. The number of amides is 1. The maximum atomic E-state index is 11.3. The summed E-state index contributed by atoms with van der Waals surface area (Å²) in [6, 6.07) is 15.0. The number of carbonyl (C=O) groups excluding carboxylic acids is 1. The van der Waals surface area contributed by atoms with Crippen LogP contribution in [0.3, 0.4) is 0 Å². The first-order chi connectivity index (χ1) is 9.74. The summed E-state index contributed by atoms with van der Waals surface area (Å²) < 4.78 is 0. The Labute approximate surface area is 119 Å². The van der Waals surface area contributed by atoms with Crippen LogP contribution in [-0.4, -0.2) is 41.9 Å². The molecule has 0 spiro atoms. The predicted octanol–water partition coefficient (Wildman–Crippen LogP) is 2.50. The third-order valence-corrected chi connectivity index (χ3v) is 4.09. The molecule has 1 aliphatic rings. The highest BCUT2D eigenvalue weighted by Gasteiger charge is 2.18. The molecule has 0 saturated carbocycles. The van der Waals surface area contributed by atoms with Crippen LogP contribution < -0.4 is 0 Å². The number of rotatable bonds is 2. The molecule has 2 aromatic carbocycles. The zero-order chi connectivity index (χ0) is 13.9. The van der Waals surface area contributed by atoms with Gasteiger partial charge in [0.05, 0.1) is 0 Å². The lowest BCUT2D eigenvalue weighted by Crippen LogP contribution is -2.47. The average molecular weight is 268 g/mol. The van der Waals surface area contributed by atoms with Crippen LogP contribution in [0.5, 0.6) is 0 Å². The summed E-state index contributed by atoms with van der Waals surface area (Å²) in [4.78, 5) is 15.7. The number of fused-ring (bicyclic) bond motifs is 1. The van der Waals surface area contributed by atoms with Gasteiger partial charge in [-0.05, 0) is 16.3 Å². The lowest BCUT2D eigenvalue weighted by molar-refractivity contribution is -0.130. The quantitative estimate of drug-likeness (QED) is 0.835. The van der Waals surface area contributed by atoms with Gasteiger partial charge in [-0.25, -0.2) is 0 Å². The molecule has 0 radical (unpaired) electrons. The molecule has 3 heteroatoms. The highest BCUT2D eigenvalue weighted by molar-refractivity contribution is 5.85. The van der Waals surface area contributed by atoms with Crippen molar-refractivity contribution < 1.29 is 4.79 Å². The van der Waals surface area contributed by atoms with E-state index in [1.165, 1.54) is 16.3 Å². The monoisotopic (exact) mass is 268 g/mol. The lowest BCUT2D eigenvalue weighted by Gasteiger charge is -2.34. The van der Waals surface area contributed by atoms with Crippen LogP contribution in [0, 0.1) is 0 Å². The number of nitrogens with zero attached hydrogens (tertiary/aromatic N) is 2. The molecule has 0 unspecified atom stereocenters. The molecule has 104 valence electrons. The van der Waals surface area contributed by atoms with Crippen LogP contribution in [0.15, 0.2) is 42.5 Å². The van der Waals surface area contributed by atoms with Gasteiger partial charge in [0.25, 0.3) is 0 Å². The molecule has 3 nitrogen and oxygen atoms in total. The van der Waals surface area contributed by atoms with Crippen molar-refractivity contribution in [3.8, 4) is 0 Å². The standard InChI is InChI=1S/C17H20N2O/c1-14(20)19-11-9-18(10-12-19)13-16-7-4-6-15-5-2-3-8-17(15)16/h2-8H,9-13H2,1H3. The number of piperazine rings is 1. The number of hydrogen-bond acceptors (Lipinski definition) is 2. The van der Waals surface area contributed by atoms with Crippen LogP contribution in [0.2, 0.25) is 0 Å². The van der Waals surface area contributed by atoms with Gasteiger partial charge in [-0.15, -0.1) is 0 Å². The molecule has 0 atom stereocenters. The van der Waals surface area contributed by atoms with Gasteiger partial charge >= 0.3 is 0 Å². The van der Waals surface area contributed by atoms with Gasteiger partial charge in [-0.1, -0.05) is 42.5 Å². The maximum Gasteiger partial charge on any atom is 0.219 e. The van der Waals surface area contributed by atoms with E-state index in [0.29, 0.717) is 0 Å². The van der Waals surface area contributed by atoms with Crippen LogP contribution >= 0.6 is 0 Å². The fourth-order valence-electron chi connectivity index (χ4n) is 2.89. The minimum absolute atomic E-state index is 0.190. The van der Waals surface area contributed by atoms with E-state index in [2.05, 4.69) is 47.4 Å². The van der Waals surface area contributed by atoms with Crippen LogP contribution in [0.4, 0.5) is 0 Å². The molecular formula is C17H20N2O. The van der Waals surface area contributed by atoms with E-state index in [-0.39, 0.29) is 5.91 Å². The molecule has 2 aromatic rings. The summed E-state index contributed by atoms with van der Waals surface area (Å²) in [6.07, 6.45) is 0. The minimum Gasteiger partial charge on any atom is -0.340 e. The van der Waals surface area contributed by atoms with Gasteiger partial charge in [0.15, 0.2) is 0 Å². The van der Waals surface area contributed by atoms with E-state index in [1.54, 1.807) is 6.92 Å². The topological polar surface area (TPSA) is 23.6 Å². The van der Waals surface area contributed by atoms with E-state index in [1.807, 2.05) is 4.90 Å². The molecule has 20 heavy (non-hydrogen) atoms. The predicted molar refractivity (Wildman–Crippen MR) is 81.5 cm³/mol. The second kappa shape index (κ2) is 5.63. The average Bonchev–Trinajstić information content (AvgIpc) is 2.48. The first-order valence-electron chi connectivity index (χ1n) is 7.18. The molecule has 1 heterocycles. The summed E-state index contributed by atoms with van der Waals surface area (Å²) in [7, 11) is 0. The molecule has 1 amide bonds. The fourth-order valence-corrected chi connectivity index (χ4v) is 2.89. The molecule has 1 fully saturated rings. The number of hydrogen-bond donors (Lipinski definition) is 0. The van der Waals surface area contributed by atoms with E-state index < -0.39 is 0 Å². The number of carbonyl (C=O) groups is 1. The van der Waals surface area contributed by atoms with Crippen molar-refractivity contribution in [2.45, 2.75) is 13.5 Å². The van der Waals surface area contributed by atoms with Crippen molar-refractivity contribution in [3.63, 3.8) is 0 Å². The summed E-state index contributed by atoms with van der Waals surface area (Å²) in [5, 5.41) is 2.64. The fraction of sp³-hybridized carbons (Fsp3) is 0.353. The van der Waals surface area contributed by atoms with Gasteiger partial charge in [-0.3, -0.25) is 9.69 Å². The highest BCUT2D eigenvalue weighted by Crippen LogP contribution is 2.20. The van der Waals surface area contributed by atoms with Gasteiger partial charge in [-0.2, -0.15) is 0 Å². The molecular weight excluding hydrogens is 248 g/mol. The summed E-state index contributed by atoms with van der Waals surface area (Å²) >= 11 is 0. The maximum absolute atomic E-state index is 11.3. The van der Waals surface area contributed by atoms with E-state index >= 15 is 0 Å². The Balaban J connectivity index is 1.73. The Morgan fingerprint density at radius 2 is 1.70 bits per heavy atom. The summed E-state index contributed by atoms with van der Waals surface area (Å²) in [6.45, 7) is 6.24. The van der Waals surface area contributed by atoms with Crippen LogP contribution in [0.1, 0.15) is 12.5 Å². The Morgan fingerprint density at radius 3 is 2.45 bits per heavy atom. The second-order valence-electron chi connectivity index (χ2n) is 5.42. The second-order valence-corrected chi connectivity index (χ2v) is 5.42. The smallest absolute Gasteiger partial charge is 0.219 e. The third kappa shape index (κ3) is 2.68. The molecule has 3 rings (SSSR count).